The second-order valence-electron chi connectivity index (χ2n) is 5.14. The number of aryl methyl sites for hydroxylation is 1. The SMILES string of the molecule is CCc1nc2ccccc2c2c1ccc1ccccc12. The number of hydrogen-bond donors (Lipinski definition) is 0. The molecule has 0 atom stereocenters. The van der Waals surface area contributed by atoms with Gasteiger partial charge in [-0.15, -0.1) is 0 Å². The molecule has 0 radical (unpaired) electrons. The average Bonchev–Trinajstić information content (AvgIpc) is 2.53. The number of fused-ring (bicyclic) bond motifs is 5. The molecule has 0 bridgehead atoms. The van der Waals surface area contributed by atoms with Crippen LogP contribution in [0.4, 0.5) is 0 Å². The second kappa shape index (κ2) is 4.31. The molecule has 3 aromatic carbocycles. The van der Waals surface area contributed by atoms with Crippen molar-refractivity contribution in [3.8, 4) is 0 Å². The van der Waals surface area contributed by atoms with Crippen molar-refractivity contribution in [1.29, 1.82) is 0 Å². The summed E-state index contributed by atoms with van der Waals surface area (Å²) in [6, 6.07) is 21.5. The smallest absolute Gasteiger partial charge is 0.0712 e. The van der Waals surface area contributed by atoms with Crippen LogP contribution in [0.15, 0.2) is 60.7 Å². The summed E-state index contributed by atoms with van der Waals surface area (Å²) in [5.41, 5.74) is 2.28. The minimum Gasteiger partial charge on any atom is -0.252 e. The van der Waals surface area contributed by atoms with E-state index in [1.807, 2.05) is 0 Å². The number of para-hydroxylation sites is 1. The van der Waals surface area contributed by atoms with Crippen LogP contribution in [0.5, 0.6) is 0 Å². The standard InChI is InChI=1S/C19H15N/c1-2-17-16-12-11-13-7-3-4-8-14(13)19(16)15-9-5-6-10-18(15)20-17/h3-12H,2H2,1H3. The maximum absolute atomic E-state index is 4.83. The molecule has 1 heteroatoms. The highest BCUT2D eigenvalue weighted by atomic mass is 14.7. The Morgan fingerprint density at radius 3 is 2.35 bits per heavy atom. The van der Waals surface area contributed by atoms with Gasteiger partial charge in [0.05, 0.1) is 5.52 Å². The van der Waals surface area contributed by atoms with Crippen molar-refractivity contribution in [2.75, 3.05) is 0 Å². The van der Waals surface area contributed by atoms with Crippen LogP contribution in [0, 0.1) is 0 Å². The Morgan fingerprint density at radius 2 is 1.50 bits per heavy atom. The van der Waals surface area contributed by atoms with Crippen molar-refractivity contribution in [1.82, 2.24) is 4.98 Å². The maximum atomic E-state index is 4.83. The number of benzene rings is 3. The summed E-state index contributed by atoms with van der Waals surface area (Å²) in [6.07, 6.45) is 0.958. The van der Waals surface area contributed by atoms with Crippen molar-refractivity contribution in [3.05, 3.63) is 66.4 Å². The molecule has 4 aromatic rings. The van der Waals surface area contributed by atoms with Gasteiger partial charge in [0, 0.05) is 21.9 Å². The van der Waals surface area contributed by atoms with Gasteiger partial charge in [0.15, 0.2) is 0 Å². The summed E-state index contributed by atoms with van der Waals surface area (Å²) >= 11 is 0. The molecular formula is C19H15N. The van der Waals surface area contributed by atoms with E-state index in [9.17, 15) is 0 Å². The van der Waals surface area contributed by atoms with Gasteiger partial charge in [-0.3, -0.25) is 4.98 Å². The predicted octanol–water partition coefficient (Wildman–Crippen LogP) is 5.10. The first-order valence-corrected chi connectivity index (χ1v) is 7.07. The fourth-order valence-electron chi connectivity index (χ4n) is 3.06. The predicted molar refractivity (Wildman–Crippen MR) is 86.1 cm³/mol. The maximum Gasteiger partial charge on any atom is 0.0712 e. The molecule has 0 aliphatic carbocycles. The van der Waals surface area contributed by atoms with E-state index in [2.05, 4.69) is 67.6 Å². The normalized spacial score (nSPS) is 11.4. The third-order valence-electron chi connectivity index (χ3n) is 4.00. The Balaban J connectivity index is 2.36. The topological polar surface area (TPSA) is 12.9 Å². The molecule has 0 fully saturated rings. The zero-order chi connectivity index (χ0) is 13.5. The Hall–Kier alpha value is -2.41. The summed E-state index contributed by atoms with van der Waals surface area (Å²) in [7, 11) is 0. The molecular weight excluding hydrogens is 242 g/mol. The molecule has 0 aliphatic rings. The molecule has 1 nitrogen and oxygen atoms in total. The zero-order valence-electron chi connectivity index (χ0n) is 11.4. The van der Waals surface area contributed by atoms with Crippen LogP contribution in [-0.4, -0.2) is 4.98 Å². The van der Waals surface area contributed by atoms with Crippen LogP contribution < -0.4 is 0 Å². The van der Waals surface area contributed by atoms with Gasteiger partial charge in [-0.05, 0) is 23.3 Å². The van der Waals surface area contributed by atoms with Crippen LogP contribution >= 0.6 is 0 Å². The highest BCUT2D eigenvalue weighted by molar-refractivity contribution is 6.19. The highest BCUT2D eigenvalue weighted by Crippen LogP contribution is 2.32. The number of rotatable bonds is 1. The van der Waals surface area contributed by atoms with E-state index in [1.165, 1.54) is 32.6 Å². The molecule has 0 aliphatic heterocycles. The Kier molecular flexibility index (Phi) is 2.46. The third kappa shape index (κ3) is 1.53. The van der Waals surface area contributed by atoms with Crippen LogP contribution in [0.2, 0.25) is 0 Å². The van der Waals surface area contributed by atoms with E-state index in [4.69, 9.17) is 4.98 Å². The van der Waals surface area contributed by atoms with Crippen molar-refractivity contribution < 1.29 is 0 Å². The van der Waals surface area contributed by atoms with E-state index in [1.54, 1.807) is 0 Å². The Labute approximate surface area is 117 Å². The fourth-order valence-corrected chi connectivity index (χ4v) is 3.06. The molecule has 4 rings (SSSR count). The number of nitrogens with zero attached hydrogens (tertiary/aromatic N) is 1. The van der Waals surface area contributed by atoms with Crippen LogP contribution in [0.25, 0.3) is 32.4 Å². The summed E-state index contributed by atoms with van der Waals surface area (Å²) in [5.74, 6) is 0. The van der Waals surface area contributed by atoms with E-state index >= 15 is 0 Å². The molecule has 1 heterocycles. The molecule has 0 unspecified atom stereocenters. The molecule has 0 saturated carbocycles. The summed E-state index contributed by atoms with van der Waals surface area (Å²) in [6.45, 7) is 2.17. The summed E-state index contributed by atoms with van der Waals surface area (Å²) in [5, 5.41) is 6.48. The van der Waals surface area contributed by atoms with Gasteiger partial charge in [0.1, 0.15) is 0 Å². The summed E-state index contributed by atoms with van der Waals surface area (Å²) < 4.78 is 0. The van der Waals surface area contributed by atoms with Gasteiger partial charge in [-0.1, -0.05) is 61.5 Å². The zero-order valence-corrected chi connectivity index (χ0v) is 11.4. The number of hydrogen-bond acceptors (Lipinski definition) is 1. The monoisotopic (exact) mass is 257 g/mol. The lowest BCUT2D eigenvalue weighted by atomic mass is 9.97. The van der Waals surface area contributed by atoms with Crippen molar-refractivity contribution >= 4 is 32.4 Å². The van der Waals surface area contributed by atoms with Crippen LogP contribution in [-0.2, 0) is 6.42 Å². The lowest BCUT2D eigenvalue weighted by molar-refractivity contribution is 1.08. The number of pyridine rings is 1. The van der Waals surface area contributed by atoms with Gasteiger partial charge in [0.25, 0.3) is 0 Å². The lowest BCUT2D eigenvalue weighted by Crippen LogP contribution is -1.92. The van der Waals surface area contributed by atoms with E-state index < -0.39 is 0 Å². The van der Waals surface area contributed by atoms with Crippen LogP contribution in [0.1, 0.15) is 12.6 Å². The molecule has 0 N–H and O–H groups in total. The average molecular weight is 257 g/mol. The first-order chi connectivity index (χ1) is 9.88. The van der Waals surface area contributed by atoms with Gasteiger partial charge < -0.3 is 0 Å². The number of aromatic nitrogens is 1. The van der Waals surface area contributed by atoms with E-state index in [0.29, 0.717) is 0 Å². The van der Waals surface area contributed by atoms with Crippen molar-refractivity contribution in [3.63, 3.8) is 0 Å². The quantitative estimate of drug-likeness (QED) is 0.432. The van der Waals surface area contributed by atoms with Gasteiger partial charge >= 0.3 is 0 Å². The molecule has 0 saturated heterocycles. The van der Waals surface area contributed by atoms with E-state index in [-0.39, 0.29) is 0 Å². The van der Waals surface area contributed by atoms with Gasteiger partial charge in [0.2, 0.25) is 0 Å². The third-order valence-corrected chi connectivity index (χ3v) is 4.00. The first kappa shape index (κ1) is 11.4. The minimum atomic E-state index is 0.958. The largest absolute Gasteiger partial charge is 0.252 e. The summed E-state index contributed by atoms with van der Waals surface area (Å²) in [4.78, 5) is 4.83. The van der Waals surface area contributed by atoms with Crippen molar-refractivity contribution in [2.24, 2.45) is 0 Å². The van der Waals surface area contributed by atoms with Crippen molar-refractivity contribution in [2.45, 2.75) is 13.3 Å². The van der Waals surface area contributed by atoms with E-state index in [0.717, 1.165) is 11.9 Å². The molecule has 96 valence electrons. The second-order valence-corrected chi connectivity index (χ2v) is 5.14. The minimum absolute atomic E-state index is 0.958. The first-order valence-electron chi connectivity index (χ1n) is 7.07. The lowest BCUT2D eigenvalue weighted by Gasteiger charge is -2.11. The van der Waals surface area contributed by atoms with Gasteiger partial charge in [-0.2, -0.15) is 0 Å². The highest BCUT2D eigenvalue weighted by Gasteiger charge is 2.09. The van der Waals surface area contributed by atoms with Crippen LogP contribution in [0.3, 0.4) is 0 Å². The molecule has 20 heavy (non-hydrogen) atoms. The Morgan fingerprint density at radius 1 is 0.750 bits per heavy atom. The molecule has 0 spiro atoms. The fraction of sp³-hybridized carbons (Fsp3) is 0.105. The Bertz CT molecular complexity index is 922. The molecule has 1 aromatic heterocycles. The van der Waals surface area contributed by atoms with Gasteiger partial charge in [-0.25, -0.2) is 0 Å². The molecule has 0 amide bonds.